The lowest BCUT2D eigenvalue weighted by Gasteiger charge is -2.08. The van der Waals surface area contributed by atoms with Gasteiger partial charge in [0.1, 0.15) is 5.52 Å². The summed E-state index contributed by atoms with van der Waals surface area (Å²) in [6.07, 6.45) is 3.48. The van der Waals surface area contributed by atoms with Gasteiger partial charge < -0.3 is 16.0 Å². The van der Waals surface area contributed by atoms with Gasteiger partial charge >= 0.3 is 6.03 Å². The molecule has 0 unspecified atom stereocenters. The summed E-state index contributed by atoms with van der Waals surface area (Å²) in [7, 11) is 0. The van der Waals surface area contributed by atoms with Crippen molar-refractivity contribution < 1.29 is 9.59 Å². The molecule has 2 aromatic carbocycles. The molecule has 0 saturated heterocycles. The molecule has 3 amide bonds. The summed E-state index contributed by atoms with van der Waals surface area (Å²) in [6, 6.07) is 12.4. The number of carbonyl (C=O) groups excluding carboxylic acids is 2. The van der Waals surface area contributed by atoms with Gasteiger partial charge in [0.25, 0.3) is 0 Å². The molecule has 2 heterocycles. The number of aromatic amines is 1. The number of primary amides is 1. The number of hydrogen-bond donors (Lipinski definition) is 4. The molecule has 0 radical (unpaired) electrons. The molecule has 9 nitrogen and oxygen atoms in total. The number of aromatic nitrogens is 4. The third-order valence-corrected chi connectivity index (χ3v) is 4.37. The lowest BCUT2D eigenvalue weighted by Crippen LogP contribution is -2.28. The molecule has 5 N–H and O–H groups in total. The molecular formula is C21H23N7O2. The van der Waals surface area contributed by atoms with E-state index in [2.05, 4.69) is 25.7 Å². The predicted molar refractivity (Wildman–Crippen MR) is 117 cm³/mol. The number of fused-ring (bicyclic) bond motifs is 1. The topological polar surface area (TPSA) is 131 Å². The number of nitrogens with zero attached hydrogens (tertiary/aromatic N) is 3. The second-order valence-corrected chi connectivity index (χ2v) is 6.36. The van der Waals surface area contributed by atoms with Crippen molar-refractivity contribution in [2.75, 3.05) is 11.9 Å². The van der Waals surface area contributed by atoms with Crippen molar-refractivity contribution in [3.05, 3.63) is 60.4 Å². The van der Waals surface area contributed by atoms with Gasteiger partial charge in [0.15, 0.2) is 0 Å². The van der Waals surface area contributed by atoms with Crippen LogP contribution in [0.3, 0.4) is 0 Å². The maximum atomic E-state index is 11.8. The van der Waals surface area contributed by atoms with Crippen molar-refractivity contribution in [1.29, 1.82) is 0 Å². The van der Waals surface area contributed by atoms with Crippen molar-refractivity contribution in [3.8, 4) is 16.8 Å². The predicted octanol–water partition coefficient (Wildman–Crippen LogP) is 3.29. The summed E-state index contributed by atoms with van der Waals surface area (Å²) in [6.45, 7) is 2.34. The van der Waals surface area contributed by atoms with Crippen LogP contribution in [0.15, 0.2) is 54.9 Å². The fourth-order valence-corrected chi connectivity index (χ4v) is 3.08. The number of nitrogens with one attached hydrogen (secondary N) is 3. The molecule has 0 atom stereocenters. The van der Waals surface area contributed by atoms with E-state index >= 15 is 0 Å². The number of amides is 3. The van der Waals surface area contributed by atoms with Crippen LogP contribution in [0.4, 0.5) is 10.7 Å². The Morgan fingerprint density at radius 2 is 2.00 bits per heavy atom. The normalized spacial score (nSPS) is 10.4. The zero-order valence-corrected chi connectivity index (χ0v) is 15.6. The van der Waals surface area contributed by atoms with Crippen LogP contribution in [-0.4, -0.2) is 38.2 Å². The number of carbonyl (C=O) groups is 2. The van der Waals surface area contributed by atoms with E-state index in [9.17, 15) is 9.59 Å². The van der Waals surface area contributed by atoms with Gasteiger partial charge in [0.2, 0.25) is 11.9 Å². The standard InChI is InChI=1S/C20H19N7O2.CH4/c1-2-22-20(29)26-19-24-15-10-14(12-5-3-6-13(9-12)18(21)28)11-16(17(15)25-19)27-8-4-7-23-27;/h3-11H,2H2,1H3,(H2,21,28)(H3,22,24,25,26,29);1H4. The van der Waals surface area contributed by atoms with Gasteiger partial charge in [-0.3, -0.25) is 10.1 Å². The number of H-pyrrole nitrogens is 1. The summed E-state index contributed by atoms with van der Waals surface area (Å²) in [5.41, 5.74) is 9.60. The Kier molecular flexibility index (Phi) is 5.82. The quantitative estimate of drug-likeness (QED) is 0.406. The summed E-state index contributed by atoms with van der Waals surface area (Å²) in [5, 5.41) is 9.65. The highest BCUT2D eigenvalue weighted by Crippen LogP contribution is 2.30. The fourth-order valence-electron chi connectivity index (χ4n) is 3.08. The maximum absolute atomic E-state index is 11.8. The third-order valence-electron chi connectivity index (χ3n) is 4.37. The molecule has 0 aliphatic rings. The molecular weight excluding hydrogens is 382 g/mol. The average molecular weight is 405 g/mol. The Bertz CT molecular complexity index is 1200. The molecule has 0 fully saturated rings. The number of anilines is 1. The average Bonchev–Trinajstić information content (AvgIpc) is 3.37. The molecule has 0 bridgehead atoms. The lowest BCUT2D eigenvalue weighted by atomic mass is 10.0. The molecule has 0 saturated carbocycles. The van der Waals surface area contributed by atoms with Crippen molar-refractivity contribution in [2.45, 2.75) is 14.4 Å². The molecule has 4 aromatic rings. The number of hydrogen-bond acceptors (Lipinski definition) is 4. The first-order valence-electron chi connectivity index (χ1n) is 9.04. The van der Waals surface area contributed by atoms with E-state index < -0.39 is 5.91 Å². The summed E-state index contributed by atoms with van der Waals surface area (Å²) < 4.78 is 1.69. The van der Waals surface area contributed by atoms with Gasteiger partial charge in [-0.25, -0.2) is 14.5 Å². The van der Waals surface area contributed by atoms with E-state index in [4.69, 9.17) is 5.73 Å². The van der Waals surface area contributed by atoms with E-state index in [1.54, 1.807) is 29.1 Å². The Morgan fingerprint density at radius 3 is 2.70 bits per heavy atom. The number of urea groups is 1. The zero-order chi connectivity index (χ0) is 20.4. The lowest BCUT2D eigenvalue weighted by molar-refractivity contribution is 0.100. The molecule has 4 rings (SSSR count). The highest BCUT2D eigenvalue weighted by Gasteiger charge is 2.14. The van der Waals surface area contributed by atoms with Crippen LogP contribution in [0.25, 0.3) is 27.8 Å². The highest BCUT2D eigenvalue weighted by atomic mass is 16.2. The van der Waals surface area contributed by atoms with Gasteiger partial charge in [-0.2, -0.15) is 5.10 Å². The number of nitrogens with two attached hydrogens (primary N) is 1. The van der Waals surface area contributed by atoms with Crippen LogP contribution in [0.1, 0.15) is 24.7 Å². The molecule has 0 aliphatic carbocycles. The first-order valence-corrected chi connectivity index (χ1v) is 9.04. The molecule has 30 heavy (non-hydrogen) atoms. The molecule has 9 heteroatoms. The Labute approximate surface area is 173 Å². The van der Waals surface area contributed by atoms with Crippen LogP contribution < -0.4 is 16.4 Å². The van der Waals surface area contributed by atoms with Gasteiger partial charge in [0.05, 0.1) is 11.2 Å². The van der Waals surface area contributed by atoms with Crippen LogP contribution in [-0.2, 0) is 0 Å². The second-order valence-electron chi connectivity index (χ2n) is 6.36. The summed E-state index contributed by atoms with van der Waals surface area (Å²) in [4.78, 5) is 31.0. The van der Waals surface area contributed by atoms with Crippen molar-refractivity contribution in [1.82, 2.24) is 25.1 Å². The summed E-state index contributed by atoms with van der Waals surface area (Å²) >= 11 is 0. The molecule has 0 aliphatic heterocycles. The Hall–Kier alpha value is -4.14. The minimum atomic E-state index is -0.491. The number of imidazole rings is 1. The van der Waals surface area contributed by atoms with Crippen LogP contribution in [0.5, 0.6) is 0 Å². The van der Waals surface area contributed by atoms with E-state index in [1.165, 1.54) is 0 Å². The van der Waals surface area contributed by atoms with Crippen molar-refractivity contribution in [3.63, 3.8) is 0 Å². The first-order chi connectivity index (χ1) is 14.0. The van der Waals surface area contributed by atoms with E-state index in [1.807, 2.05) is 37.4 Å². The molecule has 2 aromatic heterocycles. The minimum absolute atomic E-state index is 0. The van der Waals surface area contributed by atoms with E-state index in [-0.39, 0.29) is 13.5 Å². The van der Waals surface area contributed by atoms with Crippen LogP contribution in [0.2, 0.25) is 0 Å². The van der Waals surface area contributed by atoms with E-state index in [0.29, 0.717) is 29.1 Å². The largest absolute Gasteiger partial charge is 0.366 e. The van der Waals surface area contributed by atoms with Crippen molar-refractivity contribution >= 4 is 28.9 Å². The van der Waals surface area contributed by atoms with Gasteiger partial charge in [-0.05, 0) is 48.4 Å². The maximum Gasteiger partial charge on any atom is 0.321 e. The summed E-state index contributed by atoms with van der Waals surface area (Å²) in [5.74, 6) is -0.169. The molecule has 154 valence electrons. The SMILES string of the molecule is C.CCNC(=O)Nc1nc2c(-n3cccn3)cc(-c3cccc(C(N)=O)c3)cc2[nH]1. The third kappa shape index (κ3) is 4.00. The zero-order valence-electron chi connectivity index (χ0n) is 15.6. The van der Waals surface area contributed by atoms with Crippen LogP contribution >= 0.6 is 0 Å². The highest BCUT2D eigenvalue weighted by molar-refractivity contribution is 5.96. The number of rotatable bonds is 5. The molecule has 0 spiro atoms. The van der Waals surface area contributed by atoms with Gasteiger partial charge in [-0.1, -0.05) is 19.6 Å². The Balaban J connectivity index is 0.00000256. The first kappa shape index (κ1) is 20.6. The fraction of sp³-hybridized carbons (Fsp3) is 0.143. The van der Waals surface area contributed by atoms with Gasteiger partial charge in [-0.15, -0.1) is 0 Å². The van der Waals surface area contributed by atoms with E-state index in [0.717, 1.165) is 16.8 Å². The monoisotopic (exact) mass is 405 g/mol. The van der Waals surface area contributed by atoms with Gasteiger partial charge in [0, 0.05) is 24.5 Å². The van der Waals surface area contributed by atoms with Crippen molar-refractivity contribution in [2.24, 2.45) is 5.73 Å². The smallest absolute Gasteiger partial charge is 0.321 e. The minimum Gasteiger partial charge on any atom is -0.366 e. The number of benzene rings is 2. The second kappa shape index (κ2) is 8.48. The van der Waals surface area contributed by atoms with Crippen LogP contribution in [0, 0.1) is 0 Å². The Morgan fingerprint density at radius 1 is 1.17 bits per heavy atom.